The third-order valence-corrected chi connectivity index (χ3v) is 3.45. The van der Waals surface area contributed by atoms with Gasteiger partial charge >= 0.3 is 5.97 Å². The van der Waals surface area contributed by atoms with Gasteiger partial charge in [0.05, 0.1) is 22.9 Å². The van der Waals surface area contributed by atoms with Crippen LogP contribution in [0.1, 0.15) is 21.7 Å². The van der Waals surface area contributed by atoms with Gasteiger partial charge in [-0.15, -0.1) is 0 Å². The maximum Gasteiger partial charge on any atom is 0.354 e. The second-order valence-electron chi connectivity index (χ2n) is 4.25. The maximum absolute atomic E-state index is 10.8. The molecule has 0 saturated carbocycles. The molecule has 0 amide bonds. The van der Waals surface area contributed by atoms with Crippen molar-refractivity contribution in [2.24, 2.45) is 0 Å². The summed E-state index contributed by atoms with van der Waals surface area (Å²) >= 11 is 12.2. The number of nitrogens with one attached hydrogen (secondary N) is 1. The van der Waals surface area contributed by atoms with Gasteiger partial charge in [0.1, 0.15) is 5.69 Å². The summed E-state index contributed by atoms with van der Waals surface area (Å²) in [6.45, 7) is 2.23. The van der Waals surface area contributed by atoms with Crippen molar-refractivity contribution in [1.29, 1.82) is 0 Å². The SMILES string of the molecule is Cc1cc(Cl)c(NCc2cccc(C(=O)O)n2)cc1Cl. The van der Waals surface area contributed by atoms with Crippen molar-refractivity contribution in [3.05, 3.63) is 57.3 Å². The highest BCUT2D eigenvalue weighted by Gasteiger charge is 2.07. The Hall–Kier alpha value is -1.78. The first-order valence-electron chi connectivity index (χ1n) is 5.86. The summed E-state index contributed by atoms with van der Waals surface area (Å²) < 4.78 is 0. The van der Waals surface area contributed by atoms with Crippen molar-refractivity contribution in [3.63, 3.8) is 0 Å². The number of aromatic carboxylic acids is 1. The van der Waals surface area contributed by atoms with Gasteiger partial charge in [-0.1, -0.05) is 29.3 Å². The molecule has 20 heavy (non-hydrogen) atoms. The van der Waals surface area contributed by atoms with Crippen LogP contribution in [-0.4, -0.2) is 16.1 Å². The summed E-state index contributed by atoms with van der Waals surface area (Å²) in [6, 6.07) is 8.34. The van der Waals surface area contributed by atoms with E-state index in [9.17, 15) is 4.79 Å². The second-order valence-corrected chi connectivity index (χ2v) is 5.07. The molecule has 0 aliphatic rings. The summed E-state index contributed by atoms with van der Waals surface area (Å²) in [5, 5.41) is 13.1. The fourth-order valence-electron chi connectivity index (χ4n) is 1.66. The third-order valence-electron chi connectivity index (χ3n) is 2.73. The fourth-order valence-corrected chi connectivity index (χ4v) is 2.11. The molecule has 2 rings (SSSR count). The monoisotopic (exact) mass is 310 g/mol. The highest BCUT2D eigenvalue weighted by Crippen LogP contribution is 2.29. The first-order chi connectivity index (χ1) is 9.47. The molecule has 2 aromatic rings. The van der Waals surface area contributed by atoms with Gasteiger partial charge in [0.25, 0.3) is 0 Å². The predicted octanol–water partition coefficient (Wildman–Crippen LogP) is 4.01. The largest absolute Gasteiger partial charge is 0.477 e. The van der Waals surface area contributed by atoms with Crippen LogP contribution in [0.15, 0.2) is 30.3 Å². The van der Waals surface area contributed by atoms with E-state index in [4.69, 9.17) is 28.3 Å². The molecule has 6 heteroatoms. The van der Waals surface area contributed by atoms with Crippen LogP contribution >= 0.6 is 23.2 Å². The summed E-state index contributed by atoms with van der Waals surface area (Å²) in [5.74, 6) is -1.05. The Morgan fingerprint density at radius 1 is 1.30 bits per heavy atom. The van der Waals surface area contributed by atoms with Crippen LogP contribution in [0.2, 0.25) is 10.0 Å². The zero-order chi connectivity index (χ0) is 14.7. The number of nitrogens with zero attached hydrogens (tertiary/aromatic N) is 1. The average Bonchev–Trinajstić information content (AvgIpc) is 2.41. The van der Waals surface area contributed by atoms with Gasteiger partial charge in [-0.25, -0.2) is 9.78 Å². The second kappa shape index (κ2) is 6.11. The molecular formula is C14H12Cl2N2O2. The topological polar surface area (TPSA) is 62.2 Å². The minimum Gasteiger partial charge on any atom is -0.477 e. The smallest absolute Gasteiger partial charge is 0.354 e. The van der Waals surface area contributed by atoms with Gasteiger partial charge in [0, 0.05) is 5.02 Å². The van der Waals surface area contributed by atoms with Gasteiger partial charge in [-0.05, 0) is 36.8 Å². The molecule has 4 nitrogen and oxygen atoms in total. The fraction of sp³-hybridized carbons (Fsp3) is 0.143. The van der Waals surface area contributed by atoms with Crippen LogP contribution in [0.25, 0.3) is 0 Å². The van der Waals surface area contributed by atoms with E-state index < -0.39 is 5.97 Å². The lowest BCUT2D eigenvalue weighted by Crippen LogP contribution is -2.06. The van der Waals surface area contributed by atoms with Crippen molar-refractivity contribution >= 4 is 34.9 Å². The molecule has 0 saturated heterocycles. The molecule has 0 unspecified atom stereocenters. The number of anilines is 1. The summed E-state index contributed by atoms with van der Waals surface area (Å²) in [6.07, 6.45) is 0. The van der Waals surface area contributed by atoms with Gasteiger partial charge in [0.2, 0.25) is 0 Å². The minimum atomic E-state index is -1.05. The van der Waals surface area contributed by atoms with Crippen molar-refractivity contribution in [3.8, 4) is 0 Å². The molecule has 0 spiro atoms. The van der Waals surface area contributed by atoms with E-state index in [2.05, 4.69) is 10.3 Å². The number of halogens is 2. The minimum absolute atomic E-state index is 0.0114. The van der Waals surface area contributed by atoms with Gasteiger partial charge in [-0.3, -0.25) is 0 Å². The van der Waals surface area contributed by atoms with Crippen LogP contribution in [0.5, 0.6) is 0 Å². The number of rotatable bonds is 4. The zero-order valence-electron chi connectivity index (χ0n) is 10.7. The number of hydrogen-bond acceptors (Lipinski definition) is 3. The van der Waals surface area contributed by atoms with Crippen LogP contribution in [-0.2, 0) is 6.54 Å². The molecule has 0 aliphatic heterocycles. The Balaban J connectivity index is 2.15. The zero-order valence-corrected chi connectivity index (χ0v) is 12.2. The normalized spacial score (nSPS) is 10.3. The number of carbonyl (C=O) groups is 1. The maximum atomic E-state index is 10.8. The van der Waals surface area contributed by atoms with E-state index in [-0.39, 0.29) is 5.69 Å². The molecule has 104 valence electrons. The van der Waals surface area contributed by atoms with E-state index in [0.717, 1.165) is 5.56 Å². The molecule has 0 bridgehead atoms. The Morgan fingerprint density at radius 3 is 2.75 bits per heavy atom. The quantitative estimate of drug-likeness (QED) is 0.895. The lowest BCUT2D eigenvalue weighted by Gasteiger charge is -2.10. The van der Waals surface area contributed by atoms with E-state index in [1.54, 1.807) is 24.3 Å². The molecule has 1 aromatic heterocycles. The van der Waals surface area contributed by atoms with Gasteiger partial charge < -0.3 is 10.4 Å². The van der Waals surface area contributed by atoms with E-state index >= 15 is 0 Å². The molecule has 1 aromatic carbocycles. The van der Waals surface area contributed by atoms with Crippen molar-refractivity contribution in [1.82, 2.24) is 4.98 Å². The molecular weight excluding hydrogens is 299 g/mol. The first-order valence-corrected chi connectivity index (χ1v) is 6.61. The van der Waals surface area contributed by atoms with Crippen molar-refractivity contribution < 1.29 is 9.90 Å². The van der Waals surface area contributed by atoms with Crippen LogP contribution < -0.4 is 5.32 Å². The van der Waals surface area contributed by atoms with E-state index in [1.807, 2.05) is 6.92 Å². The summed E-state index contributed by atoms with van der Waals surface area (Å²) in [5.41, 5.74) is 2.20. The number of carboxylic acids is 1. The third kappa shape index (κ3) is 3.40. The lowest BCUT2D eigenvalue weighted by molar-refractivity contribution is 0.0690. The molecule has 0 atom stereocenters. The van der Waals surface area contributed by atoms with Crippen molar-refractivity contribution in [2.75, 3.05) is 5.32 Å². The number of benzene rings is 1. The standard InChI is InChI=1S/C14H12Cl2N2O2/c1-8-5-11(16)13(6-10(8)15)17-7-9-3-2-4-12(18-9)14(19)20/h2-6,17H,7H2,1H3,(H,19,20). The van der Waals surface area contributed by atoms with Gasteiger partial charge in [-0.2, -0.15) is 0 Å². The highest BCUT2D eigenvalue weighted by atomic mass is 35.5. The van der Waals surface area contributed by atoms with Crippen LogP contribution in [0.3, 0.4) is 0 Å². The summed E-state index contributed by atoms with van der Waals surface area (Å²) in [4.78, 5) is 14.9. The lowest BCUT2D eigenvalue weighted by atomic mass is 10.2. The Bertz CT molecular complexity index is 660. The predicted molar refractivity (Wildman–Crippen MR) is 79.7 cm³/mol. The van der Waals surface area contributed by atoms with Crippen molar-refractivity contribution in [2.45, 2.75) is 13.5 Å². The Kier molecular flexibility index (Phi) is 4.47. The molecule has 0 radical (unpaired) electrons. The molecule has 1 heterocycles. The van der Waals surface area contributed by atoms with Crippen LogP contribution in [0.4, 0.5) is 5.69 Å². The Labute approximate surface area is 126 Å². The van der Waals surface area contributed by atoms with E-state index in [1.165, 1.54) is 6.07 Å². The number of pyridine rings is 1. The van der Waals surface area contributed by atoms with Crippen LogP contribution in [0, 0.1) is 6.92 Å². The summed E-state index contributed by atoms with van der Waals surface area (Å²) in [7, 11) is 0. The number of hydrogen-bond donors (Lipinski definition) is 2. The van der Waals surface area contributed by atoms with E-state index in [0.29, 0.717) is 28.0 Å². The first kappa shape index (κ1) is 14.6. The average molecular weight is 311 g/mol. The Morgan fingerprint density at radius 2 is 2.05 bits per heavy atom. The molecule has 0 aliphatic carbocycles. The molecule has 2 N–H and O–H groups in total. The number of carboxylic acid groups (broad SMARTS) is 1. The highest BCUT2D eigenvalue weighted by molar-refractivity contribution is 6.35. The van der Waals surface area contributed by atoms with Gasteiger partial charge in [0.15, 0.2) is 0 Å². The number of aromatic nitrogens is 1. The molecule has 0 fully saturated rings. The number of aryl methyl sites for hydroxylation is 1.